The zero-order chi connectivity index (χ0) is 24.8. The molecule has 0 saturated carbocycles. The molecule has 186 valence electrons. The molecule has 0 bridgehead atoms. The second kappa shape index (κ2) is 8.94. The second-order valence-corrected chi connectivity index (χ2v) is 9.47. The van der Waals surface area contributed by atoms with Crippen LogP contribution in [0.3, 0.4) is 0 Å². The van der Waals surface area contributed by atoms with Crippen molar-refractivity contribution in [1.29, 1.82) is 0 Å². The fourth-order valence-corrected chi connectivity index (χ4v) is 5.02. The molecule has 0 unspecified atom stereocenters. The first-order chi connectivity index (χ1) is 17.5. The fourth-order valence-electron chi connectivity index (χ4n) is 5.02. The maximum absolute atomic E-state index is 13.3. The molecular formula is C26H28N6O4. The Morgan fingerprint density at radius 3 is 2.47 bits per heavy atom. The summed E-state index contributed by atoms with van der Waals surface area (Å²) in [7, 11) is 1.74. The van der Waals surface area contributed by atoms with E-state index in [9.17, 15) is 14.7 Å². The molecule has 2 aromatic heterocycles. The van der Waals surface area contributed by atoms with Crippen LogP contribution in [0, 0.1) is 0 Å². The van der Waals surface area contributed by atoms with Gasteiger partial charge in [0, 0.05) is 51.9 Å². The average molecular weight is 489 g/mol. The van der Waals surface area contributed by atoms with Crippen LogP contribution in [0.1, 0.15) is 23.2 Å². The van der Waals surface area contributed by atoms with Gasteiger partial charge >= 0.3 is 0 Å². The molecule has 36 heavy (non-hydrogen) atoms. The highest BCUT2D eigenvalue weighted by atomic mass is 16.4. The molecule has 10 heteroatoms. The van der Waals surface area contributed by atoms with Crippen LogP contribution in [0.15, 0.2) is 51.7 Å². The number of fused-ring (bicyclic) bond motifs is 2. The molecule has 4 heterocycles. The van der Waals surface area contributed by atoms with Crippen LogP contribution in [0.2, 0.25) is 0 Å². The minimum absolute atomic E-state index is 0.0593. The van der Waals surface area contributed by atoms with Gasteiger partial charge in [0.2, 0.25) is 5.95 Å². The summed E-state index contributed by atoms with van der Waals surface area (Å²) in [5, 5.41) is 10.3. The lowest BCUT2D eigenvalue weighted by molar-refractivity contribution is 0.0746. The van der Waals surface area contributed by atoms with E-state index in [4.69, 9.17) is 9.40 Å². The number of amides is 1. The summed E-state index contributed by atoms with van der Waals surface area (Å²) in [5.41, 5.74) is 2.45. The number of aliphatic hydroxyl groups excluding tert-OH is 1. The van der Waals surface area contributed by atoms with E-state index in [1.165, 1.54) is 0 Å². The zero-order valence-electron chi connectivity index (χ0n) is 20.1. The lowest BCUT2D eigenvalue weighted by Crippen LogP contribution is -2.50. The molecule has 1 amide bonds. The molecule has 2 aliphatic rings. The predicted octanol–water partition coefficient (Wildman–Crippen LogP) is 2.00. The van der Waals surface area contributed by atoms with Gasteiger partial charge in [-0.05, 0) is 43.2 Å². The first kappa shape index (κ1) is 22.5. The van der Waals surface area contributed by atoms with E-state index in [1.54, 1.807) is 29.8 Å². The molecular weight excluding hydrogens is 460 g/mol. The maximum atomic E-state index is 13.3. The molecule has 0 aliphatic carbocycles. The summed E-state index contributed by atoms with van der Waals surface area (Å²) in [6, 6.07) is 13.2. The van der Waals surface area contributed by atoms with E-state index in [-0.39, 0.29) is 17.6 Å². The maximum Gasteiger partial charge on any atom is 0.298 e. The summed E-state index contributed by atoms with van der Waals surface area (Å²) >= 11 is 0. The highest BCUT2D eigenvalue weighted by molar-refractivity contribution is 5.97. The average Bonchev–Trinajstić information content (AvgIpc) is 3.34. The van der Waals surface area contributed by atoms with Gasteiger partial charge in [-0.25, -0.2) is 4.98 Å². The van der Waals surface area contributed by atoms with Gasteiger partial charge in [-0.3, -0.25) is 14.2 Å². The molecule has 0 spiro atoms. The number of piperidine rings is 1. The lowest BCUT2D eigenvalue weighted by Gasteiger charge is -2.36. The Balaban J connectivity index is 1.16. The minimum atomic E-state index is -0.266. The number of anilines is 2. The molecule has 1 N–H and O–H groups in total. The van der Waals surface area contributed by atoms with Crippen LogP contribution in [-0.4, -0.2) is 75.8 Å². The molecule has 0 atom stereocenters. The number of benzene rings is 2. The third-order valence-electron chi connectivity index (χ3n) is 7.17. The normalized spacial score (nSPS) is 17.3. The summed E-state index contributed by atoms with van der Waals surface area (Å²) in [4.78, 5) is 41.2. The standard InChI is InChI=1S/C26H28N6O4/c1-29-24(35)19-4-2-3-5-20(19)27-25(29)31-14-12-30(13-15-31)23(34)17-6-7-21-22(16-17)36-26(28-21)32-10-8-18(33)9-11-32/h2-7,16,18,33H,8-15H2,1H3. The number of hydrogen-bond donors (Lipinski definition) is 1. The zero-order valence-corrected chi connectivity index (χ0v) is 20.1. The minimum Gasteiger partial charge on any atom is -0.423 e. The number of oxazole rings is 1. The Morgan fingerprint density at radius 2 is 1.69 bits per heavy atom. The van der Waals surface area contributed by atoms with Crippen molar-refractivity contribution in [3.63, 3.8) is 0 Å². The smallest absolute Gasteiger partial charge is 0.298 e. The highest BCUT2D eigenvalue weighted by Gasteiger charge is 2.26. The third kappa shape index (κ3) is 3.97. The van der Waals surface area contributed by atoms with Gasteiger partial charge in [0.05, 0.1) is 17.0 Å². The fraction of sp³-hybridized carbons (Fsp3) is 0.385. The second-order valence-electron chi connectivity index (χ2n) is 9.47. The lowest BCUT2D eigenvalue weighted by atomic mass is 10.1. The van der Waals surface area contributed by atoms with Gasteiger partial charge in [0.25, 0.3) is 17.5 Å². The van der Waals surface area contributed by atoms with E-state index in [1.807, 2.05) is 34.1 Å². The number of carbonyl (C=O) groups excluding carboxylic acids is 1. The van der Waals surface area contributed by atoms with Crippen molar-refractivity contribution in [2.24, 2.45) is 7.05 Å². The highest BCUT2D eigenvalue weighted by Crippen LogP contribution is 2.26. The largest absolute Gasteiger partial charge is 0.423 e. The van der Waals surface area contributed by atoms with Crippen LogP contribution < -0.4 is 15.4 Å². The van der Waals surface area contributed by atoms with E-state index in [0.717, 1.165) is 0 Å². The van der Waals surface area contributed by atoms with Gasteiger partial charge in [0.15, 0.2) is 5.58 Å². The van der Waals surface area contributed by atoms with Gasteiger partial charge in [0.1, 0.15) is 5.52 Å². The topological polar surface area (TPSA) is 108 Å². The Kier molecular flexibility index (Phi) is 5.60. The van der Waals surface area contributed by atoms with E-state index >= 15 is 0 Å². The quantitative estimate of drug-likeness (QED) is 0.467. The number of aliphatic hydroxyl groups is 1. The summed E-state index contributed by atoms with van der Waals surface area (Å²) in [6.07, 6.45) is 1.12. The monoisotopic (exact) mass is 488 g/mol. The van der Waals surface area contributed by atoms with Crippen LogP contribution in [0.25, 0.3) is 22.0 Å². The van der Waals surface area contributed by atoms with Gasteiger partial charge in [-0.15, -0.1) is 0 Å². The van der Waals surface area contributed by atoms with Crippen molar-refractivity contribution in [2.75, 3.05) is 49.1 Å². The van der Waals surface area contributed by atoms with Gasteiger partial charge < -0.3 is 24.2 Å². The van der Waals surface area contributed by atoms with Crippen LogP contribution in [-0.2, 0) is 7.05 Å². The Morgan fingerprint density at radius 1 is 0.944 bits per heavy atom. The summed E-state index contributed by atoms with van der Waals surface area (Å²) in [5.74, 6) is 0.558. The van der Waals surface area contributed by atoms with Crippen molar-refractivity contribution in [3.8, 4) is 0 Å². The van der Waals surface area contributed by atoms with Crippen LogP contribution >= 0.6 is 0 Å². The number of nitrogens with zero attached hydrogens (tertiary/aromatic N) is 6. The Hall–Kier alpha value is -3.92. The molecule has 2 fully saturated rings. The SMILES string of the molecule is Cn1c(N2CCN(C(=O)c3ccc4nc(N5CCC(O)CC5)oc4c3)CC2)nc2ccccc2c1=O. The molecule has 4 aromatic rings. The Bertz CT molecular complexity index is 1500. The third-order valence-corrected chi connectivity index (χ3v) is 7.17. The first-order valence-electron chi connectivity index (χ1n) is 12.3. The molecule has 0 radical (unpaired) electrons. The van der Waals surface area contributed by atoms with Crippen molar-refractivity contribution in [3.05, 3.63) is 58.4 Å². The van der Waals surface area contributed by atoms with Gasteiger partial charge in [-0.2, -0.15) is 4.98 Å². The number of piperazine rings is 1. The Labute approximate surface area is 207 Å². The van der Waals surface area contributed by atoms with Gasteiger partial charge in [-0.1, -0.05) is 12.1 Å². The molecule has 2 saturated heterocycles. The molecule has 2 aliphatic heterocycles. The molecule has 6 rings (SSSR count). The summed E-state index contributed by atoms with van der Waals surface area (Å²) < 4.78 is 7.55. The van der Waals surface area contributed by atoms with E-state index in [2.05, 4.69) is 9.88 Å². The number of carbonyl (C=O) groups is 1. The first-order valence-corrected chi connectivity index (χ1v) is 12.3. The molecule has 2 aromatic carbocycles. The summed E-state index contributed by atoms with van der Waals surface area (Å²) in [6.45, 7) is 3.61. The van der Waals surface area contributed by atoms with Crippen molar-refractivity contribution >= 4 is 39.9 Å². The van der Waals surface area contributed by atoms with E-state index < -0.39 is 0 Å². The van der Waals surface area contributed by atoms with E-state index in [0.29, 0.717) is 91.6 Å². The van der Waals surface area contributed by atoms with Crippen LogP contribution in [0.5, 0.6) is 0 Å². The number of aromatic nitrogens is 3. The number of para-hydroxylation sites is 1. The molecule has 10 nitrogen and oxygen atoms in total. The number of hydrogen-bond acceptors (Lipinski definition) is 8. The van der Waals surface area contributed by atoms with Crippen molar-refractivity contribution < 1.29 is 14.3 Å². The predicted molar refractivity (Wildman–Crippen MR) is 137 cm³/mol. The van der Waals surface area contributed by atoms with Crippen molar-refractivity contribution in [1.82, 2.24) is 19.4 Å². The number of rotatable bonds is 3. The van der Waals surface area contributed by atoms with Crippen LogP contribution in [0.4, 0.5) is 12.0 Å². The van der Waals surface area contributed by atoms with Crippen molar-refractivity contribution in [2.45, 2.75) is 18.9 Å².